The second-order valence-corrected chi connectivity index (χ2v) is 6.38. The minimum atomic E-state index is 0.249. The number of anilines is 1. The van der Waals surface area contributed by atoms with Gasteiger partial charge in [-0.2, -0.15) is 5.10 Å². The van der Waals surface area contributed by atoms with Crippen molar-refractivity contribution >= 4 is 17.4 Å². The Morgan fingerprint density at radius 3 is 2.65 bits per heavy atom. The zero-order valence-electron chi connectivity index (χ0n) is 14.0. The standard InChI is InChI=1S/C17H25N3O2S/c1-4-16-15(17(22-3)20(2)19-16)12-18-13-6-8-14(9-7-13)23-11-5-10-21/h6-9,18,21H,4-5,10-12H2,1-3H3. The van der Waals surface area contributed by atoms with Gasteiger partial charge >= 0.3 is 0 Å². The third-order valence-electron chi connectivity index (χ3n) is 3.59. The molecule has 2 N–H and O–H groups in total. The Hall–Kier alpha value is -1.66. The number of nitrogens with zero attached hydrogens (tertiary/aromatic N) is 2. The van der Waals surface area contributed by atoms with Crippen LogP contribution in [0.25, 0.3) is 0 Å². The van der Waals surface area contributed by atoms with E-state index in [1.807, 2.05) is 7.05 Å². The van der Waals surface area contributed by atoms with Crippen LogP contribution in [0.5, 0.6) is 5.88 Å². The summed E-state index contributed by atoms with van der Waals surface area (Å²) in [6.07, 6.45) is 1.71. The van der Waals surface area contributed by atoms with Crippen LogP contribution in [0.2, 0.25) is 0 Å². The van der Waals surface area contributed by atoms with Gasteiger partial charge in [-0.15, -0.1) is 11.8 Å². The number of methoxy groups -OCH3 is 1. The number of aliphatic hydroxyl groups is 1. The number of thioether (sulfide) groups is 1. The van der Waals surface area contributed by atoms with Crippen LogP contribution in [0.3, 0.4) is 0 Å². The zero-order chi connectivity index (χ0) is 16.7. The molecular formula is C17H25N3O2S. The largest absolute Gasteiger partial charge is 0.481 e. The molecule has 0 fully saturated rings. The van der Waals surface area contributed by atoms with Crippen LogP contribution in [-0.4, -0.2) is 34.4 Å². The van der Waals surface area contributed by atoms with Crippen molar-refractivity contribution in [3.8, 4) is 5.88 Å². The monoisotopic (exact) mass is 335 g/mol. The predicted molar refractivity (Wildman–Crippen MR) is 95.3 cm³/mol. The minimum Gasteiger partial charge on any atom is -0.481 e. The maximum absolute atomic E-state index is 8.81. The van der Waals surface area contributed by atoms with Crippen molar-refractivity contribution in [2.75, 3.05) is 24.8 Å². The van der Waals surface area contributed by atoms with E-state index in [4.69, 9.17) is 9.84 Å². The molecule has 0 aliphatic carbocycles. The van der Waals surface area contributed by atoms with E-state index >= 15 is 0 Å². The molecule has 23 heavy (non-hydrogen) atoms. The SMILES string of the molecule is CCc1nn(C)c(OC)c1CNc1ccc(SCCCO)cc1. The van der Waals surface area contributed by atoms with Crippen LogP contribution in [0, 0.1) is 0 Å². The third-order valence-corrected chi connectivity index (χ3v) is 4.69. The normalized spacial score (nSPS) is 10.8. The zero-order valence-corrected chi connectivity index (χ0v) is 14.8. The molecular weight excluding hydrogens is 310 g/mol. The summed E-state index contributed by atoms with van der Waals surface area (Å²) >= 11 is 1.76. The Labute approximate surface area is 142 Å². The molecule has 0 aliphatic heterocycles. The van der Waals surface area contributed by atoms with Gasteiger partial charge in [0, 0.05) is 36.5 Å². The second-order valence-electron chi connectivity index (χ2n) is 5.22. The van der Waals surface area contributed by atoms with E-state index in [-0.39, 0.29) is 6.61 Å². The molecule has 126 valence electrons. The van der Waals surface area contributed by atoms with Crippen molar-refractivity contribution in [1.29, 1.82) is 0 Å². The van der Waals surface area contributed by atoms with Gasteiger partial charge in [-0.3, -0.25) is 0 Å². The molecule has 1 heterocycles. The molecule has 2 aromatic rings. The Balaban J connectivity index is 1.98. The molecule has 0 saturated carbocycles. The summed E-state index contributed by atoms with van der Waals surface area (Å²) in [6, 6.07) is 8.36. The summed E-state index contributed by atoms with van der Waals surface area (Å²) in [4.78, 5) is 1.22. The van der Waals surface area contributed by atoms with Crippen molar-refractivity contribution in [3.63, 3.8) is 0 Å². The van der Waals surface area contributed by atoms with Gasteiger partial charge in [-0.1, -0.05) is 6.92 Å². The molecule has 1 aromatic heterocycles. The van der Waals surface area contributed by atoms with Crippen LogP contribution in [0.4, 0.5) is 5.69 Å². The van der Waals surface area contributed by atoms with Gasteiger partial charge in [0.1, 0.15) is 0 Å². The lowest BCUT2D eigenvalue weighted by molar-refractivity contribution is 0.296. The summed E-state index contributed by atoms with van der Waals surface area (Å²) in [5.74, 6) is 1.75. The van der Waals surface area contributed by atoms with Crippen molar-refractivity contribution in [2.24, 2.45) is 7.05 Å². The molecule has 0 bridgehead atoms. The van der Waals surface area contributed by atoms with Crippen LogP contribution in [0.1, 0.15) is 24.6 Å². The van der Waals surface area contributed by atoms with E-state index in [1.165, 1.54) is 4.90 Å². The van der Waals surface area contributed by atoms with Crippen molar-refractivity contribution in [2.45, 2.75) is 31.2 Å². The number of aliphatic hydroxyl groups excluding tert-OH is 1. The number of ether oxygens (including phenoxy) is 1. The summed E-state index contributed by atoms with van der Waals surface area (Å²) in [5, 5.41) is 16.7. The van der Waals surface area contributed by atoms with Crippen LogP contribution in [0.15, 0.2) is 29.2 Å². The molecule has 0 spiro atoms. The molecule has 0 atom stereocenters. The fourth-order valence-electron chi connectivity index (χ4n) is 2.44. The first-order chi connectivity index (χ1) is 11.2. The topological polar surface area (TPSA) is 59.3 Å². The number of rotatable bonds is 9. The maximum Gasteiger partial charge on any atom is 0.216 e. The van der Waals surface area contributed by atoms with Crippen molar-refractivity contribution < 1.29 is 9.84 Å². The fourth-order valence-corrected chi connectivity index (χ4v) is 3.27. The Bertz CT molecular complexity index is 611. The lowest BCUT2D eigenvalue weighted by Crippen LogP contribution is -2.03. The highest BCUT2D eigenvalue weighted by Gasteiger charge is 2.15. The van der Waals surface area contributed by atoms with E-state index in [0.717, 1.165) is 41.4 Å². The van der Waals surface area contributed by atoms with Gasteiger partial charge in [0.2, 0.25) is 5.88 Å². The van der Waals surface area contributed by atoms with E-state index in [9.17, 15) is 0 Å². The number of hydrogen-bond donors (Lipinski definition) is 2. The quantitative estimate of drug-likeness (QED) is 0.545. The molecule has 0 saturated heterocycles. The first kappa shape index (κ1) is 17.7. The average Bonchev–Trinajstić information content (AvgIpc) is 2.89. The lowest BCUT2D eigenvalue weighted by Gasteiger charge is -2.09. The molecule has 1 aromatic carbocycles. The Kier molecular flexibility index (Phi) is 6.80. The first-order valence-electron chi connectivity index (χ1n) is 7.85. The second kappa shape index (κ2) is 8.84. The maximum atomic E-state index is 8.81. The highest BCUT2D eigenvalue weighted by molar-refractivity contribution is 7.99. The molecule has 2 rings (SSSR count). The van der Waals surface area contributed by atoms with Gasteiger partial charge in [0.05, 0.1) is 18.4 Å². The van der Waals surface area contributed by atoms with E-state index in [0.29, 0.717) is 6.54 Å². The van der Waals surface area contributed by atoms with Crippen LogP contribution < -0.4 is 10.1 Å². The van der Waals surface area contributed by atoms with E-state index < -0.39 is 0 Å². The van der Waals surface area contributed by atoms with Crippen LogP contribution in [-0.2, 0) is 20.0 Å². The van der Waals surface area contributed by atoms with E-state index in [1.54, 1.807) is 23.6 Å². The summed E-state index contributed by atoms with van der Waals surface area (Å²) in [5.41, 5.74) is 3.25. The number of nitrogens with one attached hydrogen (secondary N) is 1. The van der Waals surface area contributed by atoms with Crippen LogP contribution >= 0.6 is 11.8 Å². The number of aromatic nitrogens is 2. The van der Waals surface area contributed by atoms with Gasteiger partial charge in [0.15, 0.2) is 0 Å². The molecule has 0 radical (unpaired) electrons. The number of benzene rings is 1. The molecule has 0 amide bonds. The molecule has 5 nitrogen and oxygen atoms in total. The molecule has 0 aliphatic rings. The molecule has 0 unspecified atom stereocenters. The van der Waals surface area contributed by atoms with E-state index in [2.05, 4.69) is 41.6 Å². The van der Waals surface area contributed by atoms with Crippen molar-refractivity contribution in [3.05, 3.63) is 35.5 Å². The minimum absolute atomic E-state index is 0.249. The molecule has 6 heteroatoms. The van der Waals surface area contributed by atoms with Crippen molar-refractivity contribution in [1.82, 2.24) is 9.78 Å². The van der Waals surface area contributed by atoms with Gasteiger partial charge in [-0.25, -0.2) is 4.68 Å². The summed E-state index contributed by atoms with van der Waals surface area (Å²) in [7, 11) is 3.58. The summed E-state index contributed by atoms with van der Waals surface area (Å²) in [6.45, 7) is 3.04. The highest BCUT2D eigenvalue weighted by Crippen LogP contribution is 2.25. The lowest BCUT2D eigenvalue weighted by atomic mass is 10.2. The van der Waals surface area contributed by atoms with Gasteiger partial charge < -0.3 is 15.2 Å². The number of aryl methyl sites for hydroxylation is 2. The highest BCUT2D eigenvalue weighted by atomic mass is 32.2. The van der Waals surface area contributed by atoms with Gasteiger partial charge in [-0.05, 0) is 37.1 Å². The smallest absolute Gasteiger partial charge is 0.216 e. The first-order valence-corrected chi connectivity index (χ1v) is 8.84. The summed E-state index contributed by atoms with van der Waals surface area (Å²) < 4.78 is 7.25. The number of hydrogen-bond acceptors (Lipinski definition) is 5. The Morgan fingerprint density at radius 2 is 2.04 bits per heavy atom. The Morgan fingerprint density at radius 1 is 1.30 bits per heavy atom. The third kappa shape index (κ3) is 4.65. The fraction of sp³-hybridized carbons (Fsp3) is 0.471. The predicted octanol–water partition coefficient (Wildman–Crippen LogP) is 3.08. The average molecular weight is 335 g/mol. The van der Waals surface area contributed by atoms with Gasteiger partial charge in [0.25, 0.3) is 0 Å².